The Labute approximate surface area is 265 Å². The maximum atomic E-state index is 14.5. The van der Waals surface area contributed by atoms with E-state index < -0.39 is 37.4 Å². The van der Waals surface area contributed by atoms with Crippen molar-refractivity contribution in [3.8, 4) is 11.3 Å². The standard InChI is InChI=1S/C33H35ClN4O4S2/c1-21-14-16-23(17-15-21)44(41,42)38-28-13-9-11-25(27-20-22(18-19-35-27)33(5,6)39)29(28)36-31(38)30(37-43(40)32(2,3)4)24-10-7-8-12-26(24)34/h7-20,30,39H,1-6H3,(H,37,40)/p+1/t30-,43?/m0/s1. The number of hydrogen-bond acceptors (Lipinski definition) is 6. The second kappa shape index (κ2) is 11.8. The molecule has 0 saturated heterocycles. The largest absolute Gasteiger partial charge is 0.386 e. The van der Waals surface area contributed by atoms with Crippen molar-refractivity contribution in [1.82, 2.24) is 18.7 Å². The second-order valence-corrected chi connectivity index (χ2v) is 16.6. The lowest BCUT2D eigenvalue weighted by atomic mass is 9.97. The first kappa shape index (κ1) is 32.0. The minimum absolute atomic E-state index is 0.0781. The third-order valence-electron chi connectivity index (χ3n) is 7.30. The Morgan fingerprint density at radius 3 is 2.27 bits per heavy atom. The molecule has 0 spiro atoms. The summed E-state index contributed by atoms with van der Waals surface area (Å²) >= 11 is 6.70. The van der Waals surface area contributed by atoms with E-state index in [2.05, 4.69) is 9.71 Å². The van der Waals surface area contributed by atoms with Crippen LogP contribution >= 0.6 is 11.6 Å². The molecule has 8 nitrogen and oxygen atoms in total. The molecular formula is C33H36ClN4O4S2+. The van der Waals surface area contributed by atoms with E-state index in [1.54, 1.807) is 92.8 Å². The maximum Gasteiger partial charge on any atom is 0.269 e. The molecule has 3 aromatic carbocycles. The number of nitrogens with zero attached hydrogens (tertiary/aromatic N) is 3. The quantitative estimate of drug-likeness (QED) is 0.144. The van der Waals surface area contributed by atoms with Gasteiger partial charge in [0.25, 0.3) is 10.0 Å². The molecule has 5 rings (SSSR count). The summed E-state index contributed by atoms with van der Waals surface area (Å²) in [5, 5.41) is 11.0. The zero-order chi connectivity index (χ0) is 32.0. The van der Waals surface area contributed by atoms with Crippen LogP contribution in [0.15, 0.2) is 90.0 Å². The highest BCUT2D eigenvalue weighted by Gasteiger charge is 2.37. The average molecular weight is 652 g/mol. The summed E-state index contributed by atoms with van der Waals surface area (Å²) in [5.41, 5.74) is 2.75. The van der Waals surface area contributed by atoms with Crippen LogP contribution in [-0.2, 0) is 30.8 Å². The molecule has 0 aliphatic carbocycles. The van der Waals surface area contributed by atoms with Crippen LogP contribution in [0.1, 0.15) is 63.2 Å². The monoisotopic (exact) mass is 651 g/mol. The molecule has 0 amide bonds. The van der Waals surface area contributed by atoms with Crippen molar-refractivity contribution in [2.24, 2.45) is 0 Å². The van der Waals surface area contributed by atoms with Gasteiger partial charge in [0.1, 0.15) is 21.8 Å². The van der Waals surface area contributed by atoms with Gasteiger partial charge in [-0.25, -0.2) is 17.4 Å². The lowest BCUT2D eigenvalue weighted by Crippen LogP contribution is -2.37. The predicted molar refractivity (Wildman–Crippen MR) is 178 cm³/mol. The number of benzene rings is 3. The fourth-order valence-corrected chi connectivity index (χ4v) is 7.41. The SMILES string of the molecule is Cc1ccc(S(=O)(=O)n2c([C@@H](N[SH+](=O)C(C)(C)C)c3ccccc3Cl)nc3c(-c4cc(C(C)(C)O)ccn4)cccc32)cc1. The van der Waals surface area contributed by atoms with Crippen molar-refractivity contribution in [2.75, 3.05) is 0 Å². The fourth-order valence-electron chi connectivity index (χ4n) is 4.80. The molecule has 0 fully saturated rings. The van der Waals surface area contributed by atoms with Crippen LogP contribution in [0.4, 0.5) is 0 Å². The third kappa shape index (κ3) is 6.23. The molecule has 0 aliphatic rings. The summed E-state index contributed by atoms with van der Waals surface area (Å²) in [7, 11) is -6.29. The van der Waals surface area contributed by atoms with Gasteiger partial charge in [-0.3, -0.25) is 4.98 Å². The summed E-state index contributed by atoms with van der Waals surface area (Å²) in [6.45, 7) is 10.8. The Morgan fingerprint density at radius 2 is 1.64 bits per heavy atom. The van der Waals surface area contributed by atoms with Crippen LogP contribution in [0, 0.1) is 6.92 Å². The molecule has 230 valence electrons. The molecular weight excluding hydrogens is 616 g/mol. The van der Waals surface area contributed by atoms with Crippen LogP contribution in [-0.4, -0.2) is 32.2 Å². The van der Waals surface area contributed by atoms with Gasteiger partial charge in [0.15, 0.2) is 5.82 Å². The van der Waals surface area contributed by atoms with Gasteiger partial charge in [-0.05, 0) is 89.1 Å². The zero-order valence-corrected chi connectivity index (χ0v) is 27.9. The molecule has 11 heteroatoms. The van der Waals surface area contributed by atoms with Gasteiger partial charge in [0.2, 0.25) is 0 Å². The first-order valence-electron chi connectivity index (χ1n) is 14.1. The summed E-state index contributed by atoms with van der Waals surface area (Å²) in [5.74, 6) is 0.104. The van der Waals surface area contributed by atoms with Gasteiger partial charge < -0.3 is 5.11 Å². The van der Waals surface area contributed by atoms with Crippen molar-refractivity contribution in [2.45, 2.75) is 62.8 Å². The molecule has 0 saturated carbocycles. The highest BCUT2D eigenvalue weighted by atomic mass is 35.5. The minimum atomic E-state index is -4.22. The topological polar surface area (TPSA) is 114 Å². The number of aromatic nitrogens is 3. The predicted octanol–water partition coefficient (Wildman–Crippen LogP) is 6.61. The number of imidazole rings is 1. The molecule has 0 bridgehead atoms. The molecule has 44 heavy (non-hydrogen) atoms. The number of nitrogens with one attached hydrogen (secondary N) is 1. The Kier molecular flexibility index (Phi) is 8.60. The van der Waals surface area contributed by atoms with E-state index in [1.807, 2.05) is 33.8 Å². The maximum absolute atomic E-state index is 14.5. The summed E-state index contributed by atoms with van der Waals surface area (Å²) in [4.78, 5) is 9.60. The summed E-state index contributed by atoms with van der Waals surface area (Å²) < 4.78 is 46.4. The van der Waals surface area contributed by atoms with E-state index in [4.69, 9.17) is 16.6 Å². The first-order valence-corrected chi connectivity index (χ1v) is 17.2. The molecule has 2 heterocycles. The number of rotatable bonds is 8. The molecule has 0 aliphatic heterocycles. The minimum Gasteiger partial charge on any atom is -0.386 e. The number of pyridine rings is 1. The second-order valence-electron chi connectivity index (χ2n) is 12.3. The fraction of sp³-hybridized carbons (Fsp3) is 0.273. The molecule has 2 atom stereocenters. The van der Waals surface area contributed by atoms with Crippen LogP contribution < -0.4 is 4.72 Å². The highest BCUT2D eigenvalue weighted by Crippen LogP contribution is 2.37. The van der Waals surface area contributed by atoms with Gasteiger partial charge in [0, 0.05) is 16.8 Å². The number of hydrogen-bond donors (Lipinski definition) is 2. The van der Waals surface area contributed by atoms with Gasteiger partial charge in [0.05, 0.1) is 27.2 Å². The van der Waals surface area contributed by atoms with Gasteiger partial charge in [-0.15, -0.1) is 4.72 Å². The van der Waals surface area contributed by atoms with Crippen molar-refractivity contribution in [3.05, 3.63) is 113 Å². The van der Waals surface area contributed by atoms with Gasteiger partial charge in [-0.1, -0.05) is 63.8 Å². The third-order valence-corrected chi connectivity index (χ3v) is 11.1. The first-order chi connectivity index (χ1) is 20.6. The van der Waals surface area contributed by atoms with Crippen LogP contribution in [0.3, 0.4) is 0 Å². The van der Waals surface area contributed by atoms with E-state index in [9.17, 15) is 17.7 Å². The zero-order valence-electron chi connectivity index (χ0n) is 25.4. The average Bonchev–Trinajstić information content (AvgIpc) is 3.36. The van der Waals surface area contributed by atoms with Crippen molar-refractivity contribution < 1.29 is 17.7 Å². The van der Waals surface area contributed by atoms with E-state index in [0.717, 1.165) is 5.56 Å². The Bertz CT molecular complexity index is 1980. The van der Waals surface area contributed by atoms with Gasteiger partial charge in [-0.2, -0.15) is 0 Å². The van der Waals surface area contributed by atoms with E-state index in [0.29, 0.717) is 38.4 Å². The van der Waals surface area contributed by atoms with Crippen LogP contribution in [0.25, 0.3) is 22.3 Å². The Balaban J connectivity index is 1.87. The normalized spacial score (nSPS) is 14.1. The molecule has 1 unspecified atom stereocenters. The Hall–Kier alpha value is -3.41. The Morgan fingerprint density at radius 1 is 0.955 bits per heavy atom. The van der Waals surface area contributed by atoms with Gasteiger partial charge >= 0.3 is 0 Å². The lowest BCUT2D eigenvalue weighted by Gasteiger charge is -2.21. The van der Waals surface area contributed by atoms with Crippen LogP contribution in [0.2, 0.25) is 5.02 Å². The van der Waals surface area contributed by atoms with Crippen molar-refractivity contribution in [3.63, 3.8) is 0 Å². The van der Waals surface area contributed by atoms with Crippen molar-refractivity contribution >= 4 is 43.6 Å². The lowest BCUT2D eigenvalue weighted by molar-refractivity contribution is 0.0785. The number of aliphatic hydroxyl groups is 1. The number of halogens is 1. The number of aryl methyl sites for hydroxylation is 1. The number of thiol groups is 1. The number of fused-ring (bicyclic) bond motifs is 1. The highest BCUT2D eigenvalue weighted by molar-refractivity contribution is 7.90. The van der Waals surface area contributed by atoms with E-state index in [-0.39, 0.29) is 10.7 Å². The van der Waals surface area contributed by atoms with E-state index in [1.165, 1.54) is 3.97 Å². The molecule has 2 N–H and O–H groups in total. The molecule has 5 aromatic rings. The van der Waals surface area contributed by atoms with E-state index >= 15 is 0 Å². The molecule has 2 aromatic heterocycles. The summed E-state index contributed by atoms with van der Waals surface area (Å²) in [6, 6.07) is 21.4. The van der Waals surface area contributed by atoms with Crippen LogP contribution in [0.5, 0.6) is 0 Å². The van der Waals surface area contributed by atoms with Crippen molar-refractivity contribution in [1.29, 1.82) is 0 Å². The summed E-state index contributed by atoms with van der Waals surface area (Å²) in [6.07, 6.45) is 1.60. The number of para-hydroxylation sites is 1. The smallest absolute Gasteiger partial charge is 0.269 e. The molecule has 0 radical (unpaired) electrons.